The molecule has 0 aliphatic carbocycles. The summed E-state index contributed by atoms with van der Waals surface area (Å²) in [5.41, 5.74) is 11.3. The number of nitrogens with two attached hydrogens (primary N) is 2. The van der Waals surface area contributed by atoms with Crippen LogP contribution in [0.15, 0.2) is 18.2 Å². The largest absolute Gasteiger partial charge is 0.366 e. The zero-order chi connectivity index (χ0) is 14.4. The van der Waals surface area contributed by atoms with E-state index < -0.39 is 5.91 Å². The van der Waals surface area contributed by atoms with E-state index in [-0.39, 0.29) is 11.8 Å². The number of amides is 2. The Kier molecular flexibility index (Phi) is 5.79. The van der Waals surface area contributed by atoms with Gasteiger partial charge in [0.2, 0.25) is 11.8 Å². The lowest BCUT2D eigenvalue weighted by atomic mass is 10.1. The minimum atomic E-state index is -0.566. The maximum absolute atomic E-state index is 11.7. The Morgan fingerprint density at radius 2 is 2.11 bits per heavy atom. The molecule has 1 atom stereocenters. The van der Waals surface area contributed by atoms with Crippen molar-refractivity contribution >= 4 is 29.1 Å². The van der Waals surface area contributed by atoms with Gasteiger partial charge in [-0.2, -0.15) is 0 Å². The van der Waals surface area contributed by atoms with Crippen LogP contribution in [0.5, 0.6) is 0 Å². The summed E-state index contributed by atoms with van der Waals surface area (Å²) < 4.78 is 0. The van der Waals surface area contributed by atoms with Crippen LogP contribution in [-0.4, -0.2) is 18.4 Å². The fourth-order valence-corrected chi connectivity index (χ4v) is 1.65. The summed E-state index contributed by atoms with van der Waals surface area (Å²) in [5.74, 6) is -0.439. The Morgan fingerprint density at radius 3 is 2.68 bits per heavy atom. The van der Waals surface area contributed by atoms with Crippen LogP contribution >= 0.6 is 11.6 Å². The van der Waals surface area contributed by atoms with Crippen molar-refractivity contribution in [3.63, 3.8) is 0 Å². The van der Waals surface area contributed by atoms with Gasteiger partial charge in [-0.25, -0.2) is 0 Å². The van der Waals surface area contributed by atoms with E-state index in [9.17, 15) is 9.59 Å². The standard InChI is InChI=1S/C13H18ClN3O2/c1-8(7-15)2-5-12(18)17-11-6-9(13(16)19)3-4-10(11)14/h3-4,6,8H,2,5,7,15H2,1H3,(H2,16,19)(H,17,18). The normalized spacial score (nSPS) is 11.9. The van der Waals surface area contributed by atoms with Gasteiger partial charge < -0.3 is 16.8 Å². The van der Waals surface area contributed by atoms with Crippen LogP contribution in [0.2, 0.25) is 5.02 Å². The van der Waals surface area contributed by atoms with E-state index >= 15 is 0 Å². The first-order valence-corrected chi connectivity index (χ1v) is 6.41. The first-order valence-electron chi connectivity index (χ1n) is 6.03. The van der Waals surface area contributed by atoms with Crippen molar-refractivity contribution in [3.05, 3.63) is 28.8 Å². The lowest BCUT2D eigenvalue weighted by Crippen LogP contribution is -2.17. The number of nitrogens with one attached hydrogen (secondary N) is 1. The first kappa shape index (κ1) is 15.5. The molecule has 19 heavy (non-hydrogen) atoms. The third-order valence-electron chi connectivity index (χ3n) is 2.79. The molecule has 1 aromatic carbocycles. The summed E-state index contributed by atoms with van der Waals surface area (Å²) in [6, 6.07) is 4.51. The number of carbonyl (C=O) groups is 2. The van der Waals surface area contributed by atoms with Crippen LogP contribution in [0, 0.1) is 5.92 Å². The van der Waals surface area contributed by atoms with Gasteiger partial charge in [-0.15, -0.1) is 0 Å². The second-order valence-corrected chi connectivity index (χ2v) is 4.89. The quantitative estimate of drug-likeness (QED) is 0.742. The van der Waals surface area contributed by atoms with Gasteiger partial charge in [0.15, 0.2) is 0 Å². The molecule has 0 saturated carbocycles. The van der Waals surface area contributed by atoms with Gasteiger partial charge in [0.05, 0.1) is 10.7 Å². The Labute approximate surface area is 117 Å². The average molecular weight is 284 g/mol. The van der Waals surface area contributed by atoms with Gasteiger partial charge >= 0.3 is 0 Å². The zero-order valence-electron chi connectivity index (χ0n) is 10.8. The van der Waals surface area contributed by atoms with E-state index in [0.29, 0.717) is 35.7 Å². The molecule has 0 heterocycles. The molecule has 0 aliphatic rings. The minimum absolute atomic E-state index is 0.163. The number of primary amides is 1. The Balaban J connectivity index is 2.68. The number of benzene rings is 1. The van der Waals surface area contributed by atoms with Crippen molar-refractivity contribution in [1.82, 2.24) is 0 Å². The number of carbonyl (C=O) groups excluding carboxylic acids is 2. The van der Waals surface area contributed by atoms with Gasteiger partial charge in [-0.1, -0.05) is 18.5 Å². The van der Waals surface area contributed by atoms with E-state index in [1.807, 2.05) is 6.92 Å². The molecular formula is C13H18ClN3O2. The van der Waals surface area contributed by atoms with Crippen LogP contribution in [0.4, 0.5) is 5.69 Å². The van der Waals surface area contributed by atoms with Gasteiger partial charge in [-0.05, 0) is 37.1 Å². The van der Waals surface area contributed by atoms with E-state index in [2.05, 4.69) is 5.32 Å². The fraction of sp³-hybridized carbons (Fsp3) is 0.385. The van der Waals surface area contributed by atoms with E-state index in [0.717, 1.165) is 0 Å². The van der Waals surface area contributed by atoms with Crippen LogP contribution in [0.1, 0.15) is 30.1 Å². The molecule has 1 unspecified atom stereocenters. The molecule has 0 bridgehead atoms. The summed E-state index contributed by atoms with van der Waals surface area (Å²) in [6.45, 7) is 2.53. The van der Waals surface area contributed by atoms with Gasteiger partial charge in [-0.3, -0.25) is 9.59 Å². The topological polar surface area (TPSA) is 98.2 Å². The van der Waals surface area contributed by atoms with Crippen molar-refractivity contribution < 1.29 is 9.59 Å². The van der Waals surface area contributed by atoms with E-state index in [1.54, 1.807) is 0 Å². The lowest BCUT2D eigenvalue weighted by Gasteiger charge is -2.10. The Hall–Kier alpha value is -1.59. The van der Waals surface area contributed by atoms with Crippen LogP contribution < -0.4 is 16.8 Å². The molecule has 5 nitrogen and oxygen atoms in total. The van der Waals surface area contributed by atoms with E-state index in [1.165, 1.54) is 18.2 Å². The molecule has 0 radical (unpaired) electrons. The predicted molar refractivity (Wildman–Crippen MR) is 76.1 cm³/mol. The molecule has 0 fully saturated rings. The highest BCUT2D eigenvalue weighted by Crippen LogP contribution is 2.23. The van der Waals surface area contributed by atoms with Crippen molar-refractivity contribution in [2.45, 2.75) is 19.8 Å². The fourth-order valence-electron chi connectivity index (χ4n) is 1.48. The third-order valence-corrected chi connectivity index (χ3v) is 3.12. The minimum Gasteiger partial charge on any atom is -0.366 e. The molecule has 1 aromatic rings. The lowest BCUT2D eigenvalue weighted by molar-refractivity contribution is -0.116. The monoisotopic (exact) mass is 283 g/mol. The second-order valence-electron chi connectivity index (χ2n) is 4.49. The third kappa shape index (κ3) is 4.89. The average Bonchev–Trinajstić information content (AvgIpc) is 2.38. The van der Waals surface area contributed by atoms with Crippen LogP contribution in [0.3, 0.4) is 0 Å². The van der Waals surface area contributed by atoms with Crippen LogP contribution in [0.25, 0.3) is 0 Å². The summed E-state index contributed by atoms with van der Waals surface area (Å²) in [5, 5.41) is 3.03. The zero-order valence-corrected chi connectivity index (χ0v) is 11.5. The highest BCUT2D eigenvalue weighted by molar-refractivity contribution is 6.33. The number of anilines is 1. The number of hydrogen-bond donors (Lipinski definition) is 3. The number of rotatable bonds is 6. The molecular weight excluding hydrogens is 266 g/mol. The van der Waals surface area contributed by atoms with Gasteiger partial charge in [0, 0.05) is 12.0 Å². The Morgan fingerprint density at radius 1 is 1.42 bits per heavy atom. The molecule has 2 amide bonds. The molecule has 5 N–H and O–H groups in total. The SMILES string of the molecule is CC(CN)CCC(=O)Nc1cc(C(N)=O)ccc1Cl. The van der Waals surface area contributed by atoms with Crippen molar-refractivity contribution in [1.29, 1.82) is 0 Å². The molecule has 0 spiro atoms. The van der Waals surface area contributed by atoms with Gasteiger partial charge in [0.1, 0.15) is 0 Å². The van der Waals surface area contributed by atoms with Crippen molar-refractivity contribution in [2.75, 3.05) is 11.9 Å². The van der Waals surface area contributed by atoms with Crippen molar-refractivity contribution in [3.8, 4) is 0 Å². The molecule has 0 aliphatic heterocycles. The highest BCUT2D eigenvalue weighted by Gasteiger charge is 2.10. The summed E-state index contributed by atoms with van der Waals surface area (Å²) in [7, 11) is 0. The maximum atomic E-state index is 11.7. The van der Waals surface area contributed by atoms with Crippen LogP contribution in [-0.2, 0) is 4.79 Å². The predicted octanol–water partition coefficient (Wildman–Crippen LogP) is 1.75. The molecule has 0 aromatic heterocycles. The number of hydrogen-bond acceptors (Lipinski definition) is 3. The smallest absolute Gasteiger partial charge is 0.248 e. The van der Waals surface area contributed by atoms with Gasteiger partial charge in [0.25, 0.3) is 0 Å². The highest BCUT2D eigenvalue weighted by atomic mass is 35.5. The molecule has 6 heteroatoms. The molecule has 104 valence electrons. The summed E-state index contributed by atoms with van der Waals surface area (Å²) in [6.07, 6.45) is 1.06. The summed E-state index contributed by atoms with van der Waals surface area (Å²) in [4.78, 5) is 22.8. The molecule has 1 rings (SSSR count). The second kappa shape index (κ2) is 7.11. The summed E-state index contributed by atoms with van der Waals surface area (Å²) >= 11 is 5.95. The number of halogens is 1. The first-order chi connectivity index (χ1) is 8.93. The Bertz CT molecular complexity index is 477. The maximum Gasteiger partial charge on any atom is 0.248 e. The molecule has 0 saturated heterocycles. The van der Waals surface area contributed by atoms with E-state index in [4.69, 9.17) is 23.1 Å². The van der Waals surface area contributed by atoms with Crippen molar-refractivity contribution in [2.24, 2.45) is 17.4 Å².